The van der Waals surface area contributed by atoms with Gasteiger partial charge in [-0.25, -0.2) is 4.39 Å². The number of carbonyl (C=O) groups is 1. The minimum Gasteiger partial charge on any atom is -0.398 e. The summed E-state index contributed by atoms with van der Waals surface area (Å²) >= 11 is 1.67. The molecular formula is C16H19FN2OS. The third-order valence-electron chi connectivity index (χ3n) is 3.69. The van der Waals surface area contributed by atoms with E-state index < -0.39 is 5.82 Å². The molecule has 2 aromatic rings. The van der Waals surface area contributed by atoms with Crippen molar-refractivity contribution < 1.29 is 9.18 Å². The number of amides is 1. The second kappa shape index (κ2) is 6.26. The summed E-state index contributed by atoms with van der Waals surface area (Å²) in [5.74, 6) is -0.665. The van der Waals surface area contributed by atoms with Crippen molar-refractivity contribution in [2.75, 3.05) is 12.8 Å². The smallest absolute Gasteiger partial charge is 0.254 e. The molecule has 0 spiro atoms. The number of anilines is 1. The van der Waals surface area contributed by atoms with Crippen LogP contribution >= 0.6 is 11.3 Å². The molecule has 1 atom stereocenters. The first kappa shape index (κ1) is 15.5. The average Bonchev–Trinajstić information content (AvgIpc) is 2.95. The fraction of sp³-hybridized carbons (Fsp3) is 0.312. The van der Waals surface area contributed by atoms with Gasteiger partial charge in [0, 0.05) is 41.2 Å². The maximum absolute atomic E-state index is 13.7. The van der Waals surface area contributed by atoms with E-state index in [1.165, 1.54) is 17.0 Å². The zero-order chi connectivity index (χ0) is 15.6. The van der Waals surface area contributed by atoms with Gasteiger partial charge in [-0.1, -0.05) is 6.07 Å². The summed E-state index contributed by atoms with van der Waals surface area (Å²) in [6, 6.07) is 6.85. The van der Waals surface area contributed by atoms with Gasteiger partial charge in [0.1, 0.15) is 5.82 Å². The van der Waals surface area contributed by atoms with E-state index in [1.807, 2.05) is 24.4 Å². The van der Waals surface area contributed by atoms with Crippen LogP contribution in [-0.4, -0.2) is 23.9 Å². The Morgan fingerprint density at radius 3 is 2.76 bits per heavy atom. The Bertz CT molecular complexity index is 617. The van der Waals surface area contributed by atoms with E-state index >= 15 is 0 Å². The standard InChI is InChI=1S/C16H19FN2OS/c1-10(7-13-5-4-6-21-13)19(3)16(20)12-8-14(17)11(2)15(18)9-12/h4-6,8-10H,7,18H2,1-3H3. The minimum atomic E-state index is -0.447. The molecule has 0 radical (unpaired) electrons. The van der Waals surface area contributed by atoms with Gasteiger partial charge >= 0.3 is 0 Å². The predicted octanol–water partition coefficient (Wildman–Crippen LogP) is 3.48. The summed E-state index contributed by atoms with van der Waals surface area (Å²) < 4.78 is 13.7. The van der Waals surface area contributed by atoms with E-state index in [0.717, 1.165) is 6.42 Å². The molecule has 0 fully saturated rings. The molecule has 0 aliphatic heterocycles. The maximum atomic E-state index is 13.7. The van der Waals surface area contributed by atoms with Gasteiger partial charge in [-0.05, 0) is 37.4 Å². The minimum absolute atomic E-state index is 0.0294. The van der Waals surface area contributed by atoms with Gasteiger partial charge in [0.2, 0.25) is 0 Å². The van der Waals surface area contributed by atoms with Crippen molar-refractivity contribution in [1.29, 1.82) is 0 Å². The van der Waals surface area contributed by atoms with Gasteiger partial charge in [-0.15, -0.1) is 11.3 Å². The second-order valence-corrected chi connectivity index (χ2v) is 6.25. The highest BCUT2D eigenvalue weighted by atomic mass is 32.1. The highest BCUT2D eigenvalue weighted by Gasteiger charge is 2.20. The van der Waals surface area contributed by atoms with Gasteiger partial charge in [0.15, 0.2) is 0 Å². The number of thiophene rings is 1. The molecule has 0 saturated heterocycles. The molecule has 3 nitrogen and oxygen atoms in total. The third kappa shape index (κ3) is 3.42. The van der Waals surface area contributed by atoms with Crippen molar-refractivity contribution in [2.24, 2.45) is 0 Å². The molecule has 2 N–H and O–H groups in total. The summed E-state index contributed by atoms with van der Waals surface area (Å²) in [6.07, 6.45) is 0.781. The summed E-state index contributed by atoms with van der Waals surface area (Å²) in [4.78, 5) is 15.3. The van der Waals surface area contributed by atoms with Gasteiger partial charge < -0.3 is 10.6 Å². The molecule has 1 unspecified atom stereocenters. The Morgan fingerprint density at radius 2 is 2.19 bits per heavy atom. The SMILES string of the molecule is Cc1c(N)cc(C(=O)N(C)C(C)Cc2cccs2)cc1F. The molecule has 1 aromatic heterocycles. The number of benzene rings is 1. The molecule has 1 aromatic carbocycles. The average molecular weight is 306 g/mol. The van der Waals surface area contributed by atoms with Crippen LogP contribution in [0, 0.1) is 12.7 Å². The Morgan fingerprint density at radius 1 is 1.48 bits per heavy atom. The van der Waals surface area contributed by atoms with Crippen LogP contribution in [0.1, 0.15) is 27.7 Å². The lowest BCUT2D eigenvalue weighted by Gasteiger charge is -2.25. The van der Waals surface area contributed by atoms with E-state index in [2.05, 4.69) is 0 Å². The molecule has 5 heteroatoms. The van der Waals surface area contributed by atoms with E-state index in [1.54, 1.807) is 30.2 Å². The lowest BCUT2D eigenvalue weighted by Crippen LogP contribution is -2.36. The zero-order valence-corrected chi connectivity index (χ0v) is 13.2. The summed E-state index contributed by atoms with van der Waals surface area (Å²) in [7, 11) is 1.73. The molecule has 0 bridgehead atoms. The van der Waals surface area contributed by atoms with E-state index in [9.17, 15) is 9.18 Å². The quantitative estimate of drug-likeness (QED) is 0.879. The van der Waals surface area contributed by atoms with Crippen LogP contribution in [0.5, 0.6) is 0 Å². The molecule has 112 valence electrons. The molecule has 1 amide bonds. The van der Waals surface area contributed by atoms with Crippen molar-refractivity contribution in [3.05, 3.63) is 51.5 Å². The van der Waals surface area contributed by atoms with Gasteiger partial charge in [-0.2, -0.15) is 0 Å². The molecule has 2 rings (SSSR count). The third-order valence-corrected chi connectivity index (χ3v) is 4.59. The number of halogens is 1. The fourth-order valence-electron chi connectivity index (χ4n) is 2.08. The number of likely N-dealkylation sites (N-methyl/N-ethyl adjacent to an activating group) is 1. The summed E-state index contributed by atoms with van der Waals surface area (Å²) in [5.41, 5.74) is 6.70. The van der Waals surface area contributed by atoms with E-state index in [4.69, 9.17) is 5.73 Å². The van der Waals surface area contributed by atoms with E-state index in [0.29, 0.717) is 11.3 Å². The van der Waals surface area contributed by atoms with Crippen LogP contribution in [-0.2, 0) is 6.42 Å². The maximum Gasteiger partial charge on any atom is 0.254 e. The second-order valence-electron chi connectivity index (χ2n) is 5.22. The fourth-order valence-corrected chi connectivity index (χ4v) is 2.91. The van der Waals surface area contributed by atoms with Crippen LogP contribution in [0.25, 0.3) is 0 Å². The predicted molar refractivity (Wildman–Crippen MR) is 85.1 cm³/mol. The van der Waals surface area contributed by atoms with Crippen LogP contribution in [0.3, 0.4) is 0 Å². The van der Waals surface area contributed by atoms with Crippen molar-refractivity contribution in [3.8, 4) is 0 Å². The van der Waals surface area contributed by atoms with E-state index in [-0.39, 0.29) is 17.5 Å². The largest absolute Gasteiger partial charge is 0.398 e. The van der Waals surface area contributed by atoms with Crippen molar-refractivity contribution in [1.82, 2.24) is 4.90 Å². The monoisotopic (exact) mass is 306 g/mol. The first-order valence-corrected chi connectivity index (χ1v) is 7.63. The number of rotatable bonds is 4. The van der Waals surface area contributed by atoms with Crippen molar-refractivity contribution >= 4 is 22.9 Å². The Hall–Kier alpha value is -1.88. The molecular weight excluding hydrogens is 287 g/mol. The van der Waals surface area contributed by atoms with Crippen LogP contribution in [0.4, 0.5) is 10.1 Å². The molecule has 21 heavy (non-hydrogen) atoms. The number of hydrogen-bond acceptors (Lipinski definition) is 3. The number of hydrogen-bond donors (Lipinski definition) is 1. The number of nitrogens with two attached hydrogens (primary N) is 1. The Balaban J connectivity index is 2.15. The molecule has 1 heterocycles. The van der Waals surface area contributed by atoms with Crippen molar-refractivity contribution in [3.63, 3.8) is 0 Å². The summed E-state index contributed by atoms with van der Waals surface area (Å²) in [5, 5.41) is 2.01. The zero-order valence-electron chi connectivity index (χ0n) is 12.4. The van der Waals surface area contributed by atoms with Crippen LogP contribution in [0.15, 0.2) is 29.6 Å². The number of nitrogens with zero attached hydrogens (tertiary/aromatic N) is 1. The Kier molecular flexibility index (Phi) is 4.63. The number of carbonyl (C=O) groups excluding carboxylic acids is 1. The lowest BCUT2D eigenvalue weighted by atomic mass is 10.1. The highest BCUT2D eigenvalue weighted by Crippen LogP contribution is 2.20. The Labute approximate surface area is 128 Å². The number of nitrogen functional groups attached to an aromatic ring is 1. The first-order valence-electron chi connectivity index (χ1n) is 6.75. The molecule has 0 aliphatic carbocycles. The van der Waals surface area contributed by atoms with Crippen LogP contribution in [0.2, 0.25) is 0 Å². The molecule has 0 aliphatic rings. The highest BCUT2D eigenvalue weighted by molar-refractivity contribution is 7.09. The van der Waals surface area contributed by atoms with Gasteiger partial charge in [-0.3, -0.25) is 4.79 Å². The van der Waals surface area contributed by atoms with Gasteiger partial charge in [0.05, 0.1) is 0 Å². The topological polar surface area (TPSA) is 46.3 Å². The molecule has 0 saturated carbocycles. The lowest BCUT2D eigenvalue weighted by molar-refractivity contribution is 0.0743. The van der Waals surface area contributed by atoms with Crippen LogP contribution < -0.4 is 5.73 Å². The summed E-state index contributed by atoms with van der Waals surface area (Å²) in [6.45, 7) is 3.58. The normalized spacial score (nSPS) is 12.2. The first-order chi connectivity index (χ1) is 9.90. The van der Waals surface area contributed by atoms with Gasteiger partial charge in [0.25, 0.3) is 5.91 Å². The van der Waals surface area contributed by atoms with Crippen molar-refractivity contribution in [2.45, 2.75) is 26.3 Å².